The zero-order valence-corrected chi connectivity index (χ0v) is 19.5. The molecule has 0 radical (unpaired) electrons. The molecule has 0 unspecified atom stereocenters. The van der Waals surface area contributed by atoms with Crippen molar-refractivity contribution in [3.63, 3.8) is 0 Å². The van der Waals surface area contributed by atoms with Crippen LogP contribution in [-0.4, -0.2) is 45.4 Å². The Morgan fingerprint density at radius 2 is 1.67 bits per heavy atom. The molecule has 172 valence electrons. The van der Waals surface area contributed by atoms with Crippen LogP contribution in [0.25, 0.3) is 0 Å². The molecule has 0 aromatic heterocycles. The average molecular weight is 488 g/mol. The highest BCUT2D eigenvalue weighted by molar-refractivity contribution is 7.92. The van der Waals surface area contributed by atoms with Crippen molar-refractivity contribution in [1.29, 1.82) is 0 Å². The molecular formula is C24H23ClFN3O3S. The quantitative estimate of drug-likeness (QED) is 0.573. The molecule has 0 spiro atoms. The van der Waals surface area contributed by atoms with Gasteiger partial charge in [-0.05, 0) is 67.1 Å². The largest absolute Gasteiger partial charge is 0.368 e. The first-order valence-electron chi connectivity index (χ1n) is 10.4. The van der Waals surface area contributed by atoms with E-state index in [0.29, 0.717) is 31.9 Å². The van der Waals surface area contributed by atoms with Crippen LogP contribution < -0.4 is 9.62 Å². The Labute approximate surface area is 197 Å². The van der Waals surface area contributed by atoms with Gasteiger partial charge >= 0.3 is 0 Å². The van der Waals surface area contributed by atoms with Gasteiger partial charge in [-0.15, -0.1) is 0 Å². The third kappa shape index (κ3) is 5.29. The molecule has 1 aliphatic rings. The number of carbonyl (C=O) groups is 1. The van der Waals surface area contributed by atoms with Crippen molar-refractivity contribution in [1.82, 2.24) is 4.90 Å². The second kappa shape index (κ2) is 9.41. The summed E-state index contributed by atoms with van der Waals surface area (Å²) in [5.41, 5.74) is 2.47. The Balaban J connectivity index is 1.49. The van der Waals surface area contributed by atoms with Crippen molar-refractivity contribution in [2.45, 2.75) is 11.8 Å². The van der Waals surface area contributed by atoms with Crippen LogP contribution in [0.5, 0.6) is 0 Å². The molecule has 1 amide bonds. The van der Waals surface area contributed by atoms with E-state index in [2.05, 4.69) is 9.62 Å². The minimum Gasteiger partial charge on any atom is -0.368 e. The summed E-state index contributed by atoms with van der Waals surface area (Å²) < 4.78 is 41.6. The van der Waals surface area contributed by atoms with Gasteiger partial charge in [0.2, 0.25) is 0 Å². The molecule has 0 saturated carbocycles. The standard InChI is InChI=1S/C24H23ClFN3O3S/c1-17-3-2-4-20(15-17)27-33(31,32)23-16-18(5-10-22(23)25)24(30)29-13-11-28(12-14-29)21-8-6-19(26)7-9-21/h2-10,15-16,27H,11-14H2,1H3. The van der Waals surface area contributed by atoms with Crippen LogP contribution in [0, 0.1) is 12.7 Å². The summed E-state index contributed by atoms with van der Waals surface area (Å²) in [6.45, 7) is 3.96. The van der Waals surface area contributed by atoms with E-state index < -0.39 is 10.0 Å². The van der Waals surface area contributed by atoms with Gasteiger partial charge in [-0.25, -0.2) is 12.8 Å². The summed E-state index contributed by atoms with van der Waals surface area (Å²) in [5.74, 6) is -0.560. The lowest BCUT2D eigenvalue weighted by Crippen LogP contribution is -2.48. The molecule has 0 atom stereocenters. The highest BCUT2D eigenvalue weighted by Crippen LogP contribution is 2.26. The molecule has 3 aromatic rings. The normalized spacial score (nSPS) is 14.3. The van der Waals surface area contributed by atoms with Crippen molar-refractivity contribution in [3.8, 4) is 0 Å². The molecule has 0 aliphatic carbocycles. The third-order valence-electron chi connectivity index (χ3n) is 5.50. The van der Waals surface area contributed by atoms with Crippen molar-refractivity contribution in [2.24, 2.45) is 0 Å². The van der Waals surface area contributed by atoms with Crippen molar-refractivity contribution in [2.75, 3.05) is 35.8 Å². The molecule has 1 aliphatic heterocycles. The number of rotatable bonds is 5. The van der Waals surface area contributed by atoms with Crippen LogP contribution in [0.2, 0.25) is 5.02 Å². The van der Waals surface area contributed by atoms with Gasteiger partial charge in [-0.1, -0.05) is 23.7 Å². The third-order valence-corrected chi connectivity index (χ3v) is 7.36. The van der Waals surface area contributed by atoms with E-state index in [9.17, 15) is 17.6 Å². The van der Waals surface area contributed by atoms with Crippen LogP contribution >= 0.6 is 11.6 Å². The van der Waals surface area contributed by atoms with Gasteiger partial charge in [-0.2, -0.15) is 0 Å². The Morgan fingerprint density at radius 1 is 0.970 bits per heavy atom. The number of piperazine rings is 1. The maximum absolute atomic E-state index is 13.2. The van der Waals surface area contributed by atoms with Gasteiger partial charge in [0.1, 0.15) is 10.7 Å². The fourth-order valence-electron chi connectivity index (χ4n) is 3.76. The number of carbonyl (C=O) groups excluding carboxylic acids is 1. The molecule has 6 nitrogen and oxygen atoms in total. The number of sulfonamides is 1. The molecule has 3 aromatic carbocycles. The molecule has 1 fully saturated rings. The molecule has 1 saturated heterocycles. The second-order valence-electron chi connectivity index (χ2n) is 7.88. The van der Waals surface area contributed by atoms with Crippen LogP contribution in [0.15, 0.2) is 71.6 Å². The highest BCUT2D eigenvalue weighted by Gasteiger charge is 2.25. The predicted octanol–water partition coefficient (Wildman–Crippen LogP) is 4.55. The number of nitrogens with zero attached hydrogens (tertiary/aromatic N) is 2. The maximum Gasteiger partial charge on any atom is 0.263 e. The Morgan fingerprint density at radius 3 is 2.33 bits per heavy atom. The first kappa shape index (κ1) is 23.1. The molecule has 0 bridgehead atoms. The fraction of sp³-hybridized carbons (Fsp3) is 0.208. The lowest BCUT2D eigenvalue weighted by atomic mass is 10.1. The van der Waals surface area contributed by atoms with Crippen molar-refractivity contribution >= 4 is 38.9 Å². The number of benzene rings is 3. The SMILES string of the molecule is Cc1cccc(NS(=O)(=O)c2cc(C(=O)N3CCN(c4ccc(F)cc4)CC3)ccc2Cl)c1. The Hall–Kier alpha value is -3.10. The highest BCUT2D eigenvalue weighted by atomic mass is 35.5. The summed E-state index contributed by atoms with van der Waals surface area (Å²) in [5, 5.41) is 0.0350. The molecule has 9 heteroatoms. The summed E-state index contributed by atoms with van der Waals surface area (Å²) in [4.78, 5) is 16.7. The van der Waals surface area contributed by atoms with Gasteiger partial charge in [0.15, 0.2) is 0 Å². The number of nitrogens with one attached hydrogen (secondary N) is 1. The van der Waals surface area contributed by atoms with Gasteiger partial charge < -0.3 is 9.80 Å². The average Bonchev–Trinajstić information content (AvgIpc) is 2.79. The summed E-state index contributed by atoms with van der Waals surface area (Å²) in [6, 6.07) is 17.5. The Bertz CT molecular complexity index is 1270. The number of aryl methyl sites for hydroxylation is 1. The zero-order chi connectivity index (χ0) is 23.6. The molecule has 1 heterocycles. The van der Waals surface area contributed by atoms with E-state index in [1.165, 1.54) is 30.3 Å². The van der Waals surface area contributed by atoms with Crippen LogP contribution in [0.4, 0.5) is 15.8 Å². The van der Waals surface area contributed by atoms with E-state index in [-0.39, 0.29) is 27.2 Å². The topological polar surface area (TPSA) is 69.7 Å². The van der Waals surface area contributed by atoms with Gasteiger partial charge in [0.25, 0.3) is 15.9 Å². The number of anilines is 2. The summed E-state index contributed by atoms with van der Waals surface area (Å²) in [7, 11) is -3.99. The van der Waals surface area contributed by atoms with E-state index in [1.807, 2.05) is 13.0 Å². The monoisotopic (exact) mass is 487 g/mol. The minimum absolute atomic E-state index is 0.0350. The van der Waals surface area contributed by atoms with Gasteiger partial charge in [0.05, 0.1) is 5.02 Å². The van der Waals surface area contributed by atoms with Crippen LogP contribution in [0.3, 0.4) is 0 Å². The van der Waals surface area contributed by atoms with Crippen molar-refractivity contribution in [3.05, 3.63) is 88.7 Å². The molecule has 4 rings (SSSR count). The fourth-order valence-corrected chi connectivity index (χ4v) is 5.34. The second-order valence-corrected chi connectivity index (χ2v) is 9.93. The lowest BCUT2D eigenvalue weighted by Gasteiger charge is -2.36. The van der Waals surface area contributed by atoms with Gasteiger partial charge in [-0.3, -0.25) is 9.52 Å². The molecule has 33 heavy (non-hydrogen) atoms. The lowest BCUT2D eigenvalue weighted by molar-refractivity contribution is 0.0746. The predicted molar refractivity (Wildman–Crippen MR) is 128 cm³/mol. The zero-order valence-electron chi connectivity index (χ0n) is 18.0. The summed E-state index contributed by atoms with van der Waals surface area (Å²) >= 11 is 6.19. The van der Waals surface area contributed by atoms with E-state index in [0.717, 1.165) is 11.3 Å². The summed E-state index contributed by atoms with van der Waals surface area (Å²) in [6.07, 6.45) is 0. The maximum atomic E-state index is 13.2. The Kier molecular flexibility index (Phi) is 6.58. The first-order chi connectivity index (χ1) is 15.7. The van der Waals surface area contributed by atoms with E-state index in [1.54, 1.807) is 35.2 Å². The number of hydrogen-bond donors (Lipinski definition) is 1. The molecular weight excluding hydrogens is 465 g/mol. The molecule has 1 N–H and O–H groups in total. The number of hydrogen-bond acceptors (Lipinski definition) is 4. The van der Waals surface area contributed by atoms with Gasteiger partial charge in [0, 0.05) is 43.1 Å². The minimum atomic E-state index is -3.99. The number of amides is 1. The van der Waals surface area contributed by atoms with Crippen molar-refractivity contribution < 1.29 is 17.6 Å². The van der Waals surface area contributed by atoms with Crippen LogP contribution in [-0.2, 0) is 10.0 Å². The number of halogens is 2. The first-order valence-corrected chi connectivity index (χ1v) is 12.3. The smallest absolute Gasteiger partial charge is 0.263 e. The van der Waals surface area contributed by atoms with E-state index in [4.69, 9.17) is 11.6 Å². The van der Waals surface area contributed by atoms with E-state index >= 15 is 0 Å². The van der Waals surface area contributed by atoms with Crippen LogP contribution in [0.1, 0.15) is 15.9 Å².